The summed E-state index contributed by atoms with van der Waals surface area (Å²) in [7, 11) is 0. The molecule has 0 N–H and O–H groups in total. The van der Waals surface area contributed by atoms with Gasteiger partial charge in [-0.05, 0) is 30.2 Å². The van der Waals surface area contributed by atoms with Gasteiger partial charge >= 0.3 is 0 Å². The first-order valence-corrected chi connectivity index (χ1v) is 6.02. The van der Waals surface area contributed by atoms with E-state index in [1.54, 1.807) is 17.5 Å². The third-order valence-electron chi connectivity index (χ3n) is 2.23. The van der Waals surface area contributed by atoms with Crippen molar-refractivity contribution in [3.05, 3.63) is 57.4 Å². The molecule has 1 nitrogen and oxygen atoms in total. The average Bonchev–Trinajstić information content (AvgIpc) is 2.68. The fourth-order valence-electron chi connectivity index (χ4n) is 1.54. The summed E-state index contributed by atoms with van der Waals surface area (Å²) in [5.41, 5.74) is 1.18. The Morgan fingerprint density at radius 3 is 2.80 bits per heavy atom. The highest BCUT2D eigenvalue weighted by Gasteiger charge is 2.14. The van der Waals surface area contributed by atoms with Gasteiger partial charge in [0.1, 0.15) is 0 Å². The summed E-state index contributed by atoms with van der Waals surface area (Å²) < 4.78 is 0.833. The molecular formula is C12H11ClNS. The second-order valence-electron chi connectivity index (χ2n) is 3.18. The summed E-state index contributed by atoms with van der Waals surface area (Å²) in [5.74, 6) is 1.31. The minimum atomic E-state index is 0.833. The van der Waals surface area contributed by atoms with Crippen molar-refractivity contribution in [1.82, 2.24) is 4.98 Å². The number of hydrogen-bond acceptors (Lipinski definition) is 2. The van der Waals surface area contributed by atoms with Gasteiger partial charge in [0.05, 0.1) is 4.34 Å². The molecule has 0 atom stereocenters. The Balaban J connectivity index is 2.33. The van der Waals surface area contributed by atoms with E-state index in [1.807, 2.05) is 18.3 Å². The fraction of sp³-hybridized carbons (Fsp3) is 0.167. The smallest absolute Gasteiger partial charge is 0.0931 e. The molecule has 1 radical (unpaired) electrons. The molecule has 0 aromatic carbocycles. The zero-order valence-electron chi connectivity index (χ0n) is 8.40. The summed E-state index contributed by atoms with van der Waals surface area (Å²) in [6, 6.07) is 8.05. The molecule has 0 aliphatic heterocycles. The van der Waals surface area contributed by atoms with Crippen LogP contribution in [0.5, 0.6) is 0 Å². The molecule has 2 rings (SSSR count). The van der Waals surface area contributed by atoms with E-state index in [0.717, 1.165) is 10.8 Å². The monoisotopic (exact) mass is 236 g/mol. The van der Waals surface area contributed by atoms with Crippen LogP contribution >= 0.6 is 22.9 Å². The molecule has 2 heterocycles. The Kier molecular flexibility index (Phi) is 3.39. The number of thiophene rings is 1. The van der Waals surface area contributed by atoms with Crippen molar-refractivity contribution >= 4 is 22.9 Å². The van der Waals surface area contributed by atoms with E-state index in [2.05, 4.69) is 24.0 Å². The lowest BCUT2D eigenvalue weighted by Gasteiger charge is -2.11. The predicted octanol–water partition coefficient (Wildman–Crippen LogP) is 4.18. The van der Waals surface area contributed by atoms with Crippen molar-refractivity contribution < 1.29 is 0 Å². The molecule has 0 aliphatic rings. The molecule has 0 unspecified atom stereocenters. The van der Waals surface area contributed by atoms with Crippen molar-refractivity contribution in [2.24, 2.45) is 0 Å². The second kappa shape index (κ2) is 4.77. The van der Waals surface area contributed by atoms with E-state index in [1.165, 1.54) is 16.4 Å². The zero-order chi connectivity index (χ0) is 10.7. The van der Waals surface area contributed by atoms with Crippen LogP contribution in [0.2, 0.25) is 4.34 Å². The summed E-state index contributed by atoms with van der Waals surface area (Å²) in [6.45, 7) is 2.15. The van der Waals surface area contributed by atoms with Crippen molar-refractivity contribution in [2.45, 2.75) is 13.3 Å². The largest absolute Gasteiger partial charge is 0.264 e. The highest BCUT2D eigenvalue weighted by Crippen LogP contribution is 2.33. The van der Waals surface area contributed by atoms with E-state index in [9.17, 15) is 0 Å². The van der Waals surface area contributed by atoms with Crippen LogP contribution in [0.1, 0.15) is 23.8 Å². The van der Waals surface area contributed by atoms with Crippen LogP contribution in [-0.4, -0.2) is 4.98 Å². The first kappa shape index (κ1) is 10.7. The fourth-order valence-corrected chi connectivity index (χ4v) is 2.72. The van der Waals surface area contributed by atoms with Crippen molar-refractivity contribution in [2.75, 3.05) is 0 Å². The van der Waals surface area contributed by atoms with E-state index in [4.69, 9.17) is 11.6 Å². The van der Waals surface area contributed by atoms with Gasteiger partial charge in [-0.1, -0.05) is 24.6 Å². The predicted molar refractivity (Wildman–Crippen MR) is 65.3 cm³/mol. The van der Waals surface area contributed by atoms with E-state index in [0.29, 0.717) is 0 Å². The van der Waals surface area contributed by atoms with Crippen LogP contribution in [-0.2, 0) is 0 Å². The molecule has 2 aromatic heterocycles. The molecule has 0 fully saturated rings. The highest BCUT2D eigenvalue weighted by atomic mass is 35.5. The molecule has 0 bridgehead atoms. The maximum absolute atomic E-state index is 5.94. The minimum absolute atomic E-state index is 0.833. The quantitative estimate of drug-likeness (QED) is 0.779. The first-order valence-electron chi connectivity index (χ1n) is 4.83. The molecule has 77 valence electrons. The van der Waals surface area contributed by atoms with E-state index >= 15 is 0 Å². The standard InChI is InChI=1S/C12H11ClNS/c1-2-10(9-4-3-7-14-8-9)11-5-6-12(13)15-11/h3-8H,2H2,1H3. The van der Waals surface area contributed by atoms with Crippen LogP contribution in [0.25, 0.3) is 0 Å². The third kappa shape index (κ3) is 2.39. The van der Waals surface area contributed by atoms with Gasteiger partial charge in [-0.3, -0.25) is 4.98 Å². The Morgan fingerprint density at radius 2 is 2.27 bits per heavy atom. The third-order valence-corrected chi connectivity index (χ3v) is 3.53. The van der Waals surface area contributed by atoms with Gasteiger partial charge in [0.2, 0.25) is 0 Å². The van der Waals surface area contributed by atoms with E-state index in [-0.39, 0.29) is 0 Å². The Hall–Kier alpha value is -0.860. The number of pyridine rings is 1. The van der Waals surface area contributed by atoms with Crippen molar-refractivity contribution in [3.8, 4) is 0 Å². The number of hydrogen-bond donors (Lipinski definition) is 0. The molecule has 15 heavy (non-hydrogen) atoms. The Bertz CT molecular complexity index is 424. The van der Waals surface area contributed by atoms with Gasteiger partial charge in [-0.2, -0.15) is 0 Å². The summed E-state index contributed by atoms with van der Waals surface area (Å²) in [5, 5.41) is 0. The minimum Gasteiger partial charge on any atom is -0.264 e. The summed E-state index contributed by atoms with van der Waals surface area (Å²) in [4.78, 5) is 5.37. The van der Waals surface area contributed by atoms with Crippen LogP contribution in [0.3, 0.4) is 0 Å². The summed E-state index contributed by atoms with van der Waals surface area (Å²) in [6.07, 6.45) is 4.67. The number of halogens is 1. The average molecular weight is 237 g/mol. The molecule has 3 heteroatoms. The van der Waals surface area contributed by atoms with Crippen LogP contribution < -0.4 is 0 Å². The lowest BCUT2D eigenvalue weighted by Crippen LogP contribution is -1.98. The number of rotatable bonds is 3. The van der Waals surface area contributed by atoms with Gasteiger partial charge in [0, 0.05) is 23.2 Å². The van der Waals surface area contributed by atoms with Crippen LogP contribution in [0.4, 0.5) is 0 Å². The molecule has 0 saturated heterocycles. The van der Waals surface area contributed by atoms with E-state index < -0.39 is 0 Å². The van der Waals surface area contributed by atoms with Crippen LogP contribution in [0.15, 0.2) is 36.7 Å². The lowest BCUT2D eigenvalue weighted by atomic mass is 9.97. The van der Waals surface area contributed by atoms with Crippen molar-refractivity contribution in [1.29, 1.82) is 0 Å². The Labute approximate surface area is 98.7 Å². The topological polar surface area (TPSA) is 12.9 Å². The Morgan fingerprint density at radius 1 is 1.40 bits per heavy atom. The molecule has 0 aliphatic carbocycles. The maximum Gasteiger partial charge on any atom is 0.0931 e. The normalized spacial score (nSPS) is 10.9. The van der Waals surface area contributed by atoms with Crippen LogP contribution in [0, 0.1) is 5.92 Å². The molecule has 0 amide bonds. The van der Waals surface area contributed by atoms with Gasteiger partial charge in [-0.15, -0.1) is 11.3 Å². The summed E-state index contributed by atoms with van der Waals surface area (Å²) >= 11 is 7.55. The first-order chi connectivity index (χ1) is 7.31. The second-order valence-corrected chi connectivity index (χ2v) is 4.89. The maximum atomic E-state index is 5.94. The molecule has 0 spiro atoms. The number of aromatic nitrogens is 1. The van der Waals surface area contributed by atoms with Gasteiger partial charge < -0.3 is 0 Å². The van der Waals surface area contributed by atoms with Gasteiger partial charge in [0.15, 0.2) is 0 Å². The SMILES string of the molecule is CC[C](c1cccnc1)c1ccc(Cl)s1. The zero-order valence-corrected chi connectivity index (χ0v) is 9.98. The lowest BCUT2D eigenvalue weighted by molar-refractivity contribution is 0.996. The van der Waals surface area contributed by atoms with Gasteiger partial charge in [-0.25, -0.2) is 0 Å². The molecule has 0 saturated carbocycles. The number of nitrogens with zero attached hydrogens (tertiary/aromatic N) is 1. The highest BCUT2D eigenvalue weighted by molar-refractivity contribution is 7.16. The van der Waals surface area contributed by atoms with Crippen molar-refractivity contribution in [3.63, 3.8) is 0 Å². The molecule has 2 aromatic rings. The van der Waals surface area contributed by atoms with Gasteiger partial charge in [0.25, 0.3) is 0 Å². The molecular weight excluding hydrogens is 226 g/mol.